The summed E-state index contributed by atoms with van der Waals surface area (Å²) in [6.07, 6.45) is 6.21. The van der Waals surface area contributed by atoms with E-state index in [9.17, 15) is 0 Å². The highest BCUT2D eigenvalue weighted by molar-refractivity contribution is 7.09. The van der Waals surface area contributed by atoms with Crippen LogP contribution < -0.4 is 5.73 Å². The maximum atomic E-state index is 6.38. The molecule has 0 spiro atoms. The number of hydrogen-bond acceptors (Lipinski definition) is 5. The molecule has 1 saturated carbocycles. The smallest absolute Gasteiger partial charge is 0.231 e. The van der Waals surface area contributed by atoms with Crippen LogP contribution in [0.25, 0.3) is 0 Å². The first-order valence-electron chi connectivity index (χ1n) is 6.41. The van der Waals surface area contributed by atoms with Gasteiger partial charge < -0.3 is 10.3 Å². The molecule has 0 saturated heterocycles. The van der Waals surface area contributed by atoms with Crippen molar-refractivity contribution >= 4 is 11.3 Å². The molecule has 18 heavy (non-hydrogen) atoms. The van der Waals surface area contributed by atoms with Gasteiger partial charge in [-0.05, 0) is 24.3 Å². The van der Waals surface area contributed by atoms with E-state index in [0.29, 0.717) is 18.1 Å². The first kappa shape index (κ1) is 11.9. The SMILES string of the molecule is NC1(c2noc(Cc3cccs3)n2)CCCCC1. The van der Waals surface area contributed by atoms with Crippen molar-refractivity contribution in [2.75, 3.05) is 0 Å². The minimum atomic E-state index is -0.366. The Hall–Kier alpha value is -1.20. The number of rotatable bonds is 3. The normalized spacial score (nSPS) is 18.9. The fraction of sp³-hybridized carbons (Fsp3) is 0.538. The summed E-state index contributed by atoms with van der Waals surface area (Å²) in [6, 6.07) is 4.11. The lowest BCUT2D eigenvalue weighted by Crippen LogP contribution is -2.39. The molecule has 0 amide bonds. The van der Waals surface area contributed by atoms with E-state index < -0.39 is 0 Å². The zero-order valence-electron chi connectivity index (χ0n) is 10.3. The van der Waals surface area contributed by atoms with Gasteiger partial charge in [0.2, 0.25) is 5.89 Å². The van der Waals surface area contributed by atoms with Crippen LogP contribution >= 0.6 is 11.3 Å². The molecule has 2 aromatic rings. The van der Waals surface area contributed by atoms with E-state index in [1.807, 2.05) is 6.07 Å². The van der Waals surface area contributed by atoms with Crippen molar-refractivity contribution in [3.8, 4) is 0 Å². The third kappa shape index (κ3) is 2.33. The summed E-state index contributed by atoms with van der Waals surface area (Å²) < 4.78 is 5.32. The first-order chi connectivity index (χ1) is 8.76. The summed E-state index contributed by atoms with van der Waals surface area (Å²) in [6.45, 7) is 0. The van der Waals surface area contributed by atoms with Gasteiger partial charge in [-0.1, -0.05) is 30.5 Å². The molecule has 1 fully saturated rings. The lowest BCUT2D eigenvalue weighted by molar-refractivity contribution is 0.273. The van der Waals surface area contributed by atoms with Crippen molar-refractivity contribution in [1.29, 1.82) is 0 Å². The molecular weight excluding hydrogens is 246 g/mol. The Kier molecular flexibility index (Phi) is 3.18. The predicted molar refractivity (Wildman–Crippen MR) is 70.4 cm³/mol. The van der Waals surface area contributed by atoms with Crippen LogP contribution in [0.15, 0.2) is 22.0 Å². The molecule has 5 heteroatoms. The molecule has 2 heterocycles. The molecule has 0 aromatic carbocycles. The van der Waals surface area contributed by atoms with Crippen molar-refractivity contribution in [3.63, 3.8) is 0 Å². The van der Waals surface area contributed by atoms with Crippen LogP contribution in [-0.4, -0.2) is 10.1 Å². The van der Waals surface area contributed by atoms with Gasteiger partial charge in [-0.2, -0.15) is 4.98 Å². The van der Waals surface area contributed by atoms with Gasteiger partial charge in [0.1, 0.15) is 0 Å². The maximum absolute atomic E-state index is 6.38. The number of nitrogens with zero attached hydrogens (tertiary/aromatic N) is 2. The standard InChI is InChI=1S/C13H17N3OS/c14-13(6-2-1-3-7-13)12-15-11(17-16-12)9-10-5-4-8-18-10/h4-5,8H,1-3,6-7,9,14H2. The van der Waals surface area contributed by atoms with E-state index in [4.69, 9.17) is 10.3 Å². The van der Waals surface area contributed by atoms with Crippen molar-refractivity contribution in [2.24, 2.45) is 5.73 Å². The molecule has 0 aliphatic heterocycles. The largest absolute Gasteiger partial charge is 0.339 e. The predicted octanol–water partition coefficient (Wildman–Crippen LogP) is 2.84. The molecule has 4 nitrogen and oxygen atoms in total. The van der Waals surface area contributed by atoms with Gasteiger partial charge in [-0.25, -0.2) is 0 Å². The van der Waals surface area contributed by atoms with Crippen molar-refractivity contribution in [2.45, 2.75) is 44.1 Å². The zero-order chi connectivity index (χ0) is 12.4. The van der Waals surface area contributed by atoms with Gasteiger partial charge in [-0.15, -0.1) is 11.3 Å². The van der Waals surface area contributed by atoms with E-state index in [-0.39, 0.29) is 5.54 Å². The molecule has 2 aromatic heterocycles. The first-order valence-corrected chi connectivity index (χ1v) is 7.29. The van der Waals surface area contributed by atoms with Crippen LogP contribution in [0, 0.1) is 0 Å². The molecule has 0 radical (unpaired) electrons. The van der Waals surface area contributed by atoms with Crippen LogP contribution in [0.5, 0.6) is 0 Å². The van der Waals surface area contributed by atoms with Crippen molar-refractivity contribution in [3.05, 3.63) is 34.1 Å². The number of nitrogens with two attached hydrogens (primary N) is 1. The van der Waals surface area contributed by atoms with E-state index >= 15 is 0 Å². The maximum Gasteiger partial charge on any atom is 0.231 e. The number of thiophene rings is 1. The second-order valence-corrected chi connectivity index (χ2v) is 6.02. The minimum absolute atomic E-state index is 0.366. The summed E-state index contributed by atoms with van der Waals surface area (Å²) in [7, 11) is 0. The summed E-state index contributed by atoms with van der Waals surface area (Å²) in [5, 5.41) is 6.14. The average Bonchev–Trinajstić information content (AvgIpc) is 3.02. The molecule has 0 atom stereocenters. The van der Waals surface area contributed by atoms with E-state index in [1.54, 1.807) is 11.3 Å². The summed E-state index contributed by atoms with van der Waals surface area (Å²) in [4.78, 5) is 5.72. The third-order valence-corrected chi connectivity index (χ3v) is 4.44. The summed E-state index contributed by atoms with van der Waals surface area (Å²) in [5.74, 6) is 1.36. The summed E-state index contributed by atoms with van der Waals surface area (Å²) >= 11 is 1.70. The van der Waals surface area contributed by atoms with Crippen LogP contribution in [0.1, 0.15) is 48.7 Å². The second kappa shape index (κ2) is 4.82. The fourth-order valence-corrected chi connectivity index (χ4v) is 3.19. The molecule has 0 unspecified atom stereocenters. The quantitative estimate of drug-likeness (QED) is 0.924. The Morgan fingerprint density at radius 1 is 1.33 bits per heavy atom. The fourth-order valence-electron chi connectivity index (χ4n) is 2.50. The lowest BCUT2D eigenvalue weighted by Gasteiger charge is -2.29. The number of hydrogen-bond donors (Lipinski definition) is 1. The highest BCUT2D eigenvalue weighted by Crippen LogP contribution is 2.33. The van der Waals surface area contributed by atoms with Gasteiger partial charge in [0.05, 0.1) is 12.0 Å². The Labute approximate surface area is 110 Å². The number of aromatic nitrogens is 2. The topological polar surface area (TPSA) is 64.9 Å². The lowest BCUT2D eigenvalue weighted by atomic mass is 9.82. The van der Waals surface area contributed by atoms with Crippen LogP contribution in [0.2, 0.25) is 0 Å². The van der Waals surface area contributed by atoms with E-state index in [1.165, 1.54) is 11.3 Å². The Balaban J connectivity index is 1.76. The monoisotopic (exact) mass is 263 g/mol. The van der Waals surface area contributed by atoms with Crippen LogP contribution in [-0.2, 0) is 12.0 Å². The molecule has 2 N–H and O–H groups in total. The van der Waals surface area contributed by atoms with Gasteiger partial charge in [0.25, 0.3) is 0 Å². The van der Waals surface area contributed by atoms with Gasteiger partial charge >= 0.3 is 0 Å². The molecule has 1 aliphatic carbocycles. The van der Waals surface area contributed by atoms with Crippen LogP contribution in [0.4, 0.5) is 0 Å². The third-order valence-electron chi connectivity index (χ3n) is 3.56. The van der Waals surface area contributed by atoms with Gasteiger partial charge in [0, 0.05) is 4.88 Å². The zero-order valence-corrected chi connectivity index (χ0v) is 11.1. The van der Waals surface area contributed by atoms with Gasteiger partial charge in [0.15, 0.2) is 5.82 Å². The minimum Gasteiger partial charge on any atom is -0.339 e. The molecule has 1 aliphatic rings. The highest BCUT2D eigenvalue weighted by atomic mass is 32.1. The average molecular weight is 263 g/mol. The Morgan fingerprint density at radius 2 is 2.17 bits per heavy atom. The Bertz CT molecular complexity index is 500. The summed E-state index contributed by atoms with van der Waals surface area (Å²) in [5.41, 5.74) is 6.02. The Morgan fingerprint density at radius 3 is 2.89 bits per heavy atom. The molecule has 96 valence electrons. The van der Waals surface area contributed by atoms with E-state index in [0.717, 1.165) is 25.7 Å². The molecular formula is C13H17N3OS. The van der Waals surface area contributed by atoms with E-state index in [2.05, 4.69) is 21.6 Å². The van der Waals surface area contributed by atoms with Gasteiger partial charge in [-0.3, -0.25) is 0 Å². The molecule has 0 bridgehead atoms. The van der Waals surface area contributed by atoms with Crippen molar-refractivity contribution in [1.82, 2.24) is 10.1 Å². The molecule has 3 rings (SSSR count). The van der Waals surface area contributed by atoms with Crippen molar-refractivity contribution < 1.29 is 4.52 Å². The highest BCUT2D eigenvalue weighted by Gasteiger charge is 2.34. The second-order valence-electron chi connectivity index (χ2n) is 4.98. The van der Waals surface area contributed by atoms with Crippen LogP contribution in [0.3, 0.4) is 0 Å².